The van der Waals surface area contributed by atoms with E-state index in [1.165, 1.54) is 141 Å². The highest BCUT2D eigenvalue weighted by molar-refractivity contribution is 7.47. The molecule has 0 saturated heterocycles. The molecule has 13 nitrogen and oxygen atoms in total. The Morgan fingerprint density at radius 2 is 0.806 bits per heavy atom. The number of rotatable bonds is 46. The van der Waals surface area contributed by atoms with Crippen LogP contribution in [-0.4, -0.2) is 98.3 Å². The SMILES string of the molecule is CCCCC/C=C/C/C=C/CCCCCCCC(=O)OC[C@H](COP(=O)(O)OC1C(O)C(O)C(O)[C@@H](O)C1O)OC(=O)CCCCCCCCCCCCCCCCCCCCCCCCC. The topological polar surface area (TPSA) is 210 Å². The third kappa shape index (κ3) is 35.1. The molecule has 0 aliphatic heterocycles. The molecule has 1 rings (SSSR count). The summed E-state index contributed by atoms with van der Waals surface area (Å²) in [6.45, 7) is 3.30. The van der Waals surface area contributed by atoms with Gasteiger partial charge in [-0.25, -0.2) is 4.57 Å². The van der Waals surface area contributed by atoms with Gasteiger partial charge in [0.25, 0.3) is 0 Å². The van der Waals surface area contributed by atoms with E-state index >= 15 is 0 Å². The number of aliphatic hydroxyl groups excluding tert-OH is 5. The molecule has 0 radical (unpaired) electrons. The fourth-order valence-electron chi connectivity index (χ4n) is 8.44. The second-order valence-electron chi connectivity index (χ2n) is 19.1. The summed E-state index contributed by atoms with van der Waals surface area (Å²) in [6, 6.07) is 0. The Labute approximate surface area is 406 Å². The second-order valence-corrected chi connectivity index (χ2v) is 20.5. The number of esters is 2. The van der Waals surface area contributed by atoms with E-state index in [9.17, 15) is 44.6 Å². The van der Waals surface area contributed by atoms with Crippen molar-refractivity contribution in [1.82, 2.24) is 0 Å². The molecule has 0 aromatic heterocycles. The van der Waals surface area contributed by atoms with Crippen LogP contribution in [0, 0.1) is 0 Å². The Hall–Kier alpha value is -1.67. The molecule has 0 aromatic rings. The van der Waals surface area contributed by atoms with Gasteiger partial charge in [0, 0.05) is 12.8 Å². The summed E-state index contributed by atoms with van der Waals surface area (Å²) in [7, 11) is -5.12. The van der Waals surface area contributed by atoms with Crippen LogP contribution in [0.4, 0.5) is 0 Å². The summed E-state index contributed by atoms with van der Waals surface area (Å²) in [4.78, 5) is 35.9. The molecule has 1 fully saturated rings. The van der Waals surface area contributed by atoms with Crippen molar-refractivity contribution in [2.75, 3.05) is 13.2 Å². The molecule has 1 aliphatic rings. The minimum absolute atomic E-state index is 0.0987. The predicted molar refractivity (Wildman–Crippen MR) is 267 cm³/mol. The van der Waals surface area contributed by atoms with Gasteiger partial charge in [0.1, 0.15) is 43.2 Å². The molecule has 8 atom stereocenters. The first-order chi connectivity index (χ1) is 32.4. The van der Waals surface area contributed by atoms with E-state index in [2.05, 4.69) is 38.2 Å². The van der Waals surface area contributed by atoms with E-state index in [4.69, 9.17) is 18.5 Å². The molecule has 394 valence electrons. The standard InChI is InChI=1S/C53H99O13P/c1-3-5-7-9-11-13-15-17-19-20-21-22-23-24-25-26-28-30-32-34-36-38-40-42-47(55)65-45(44-64-67(61,62)66-53-51(59)49(57)48(56)50(58)52(53)60)43-63-46(54)41-39-37-35-33-31-29-27-18-16-14-12-10-8-6-4-2/h12,14,18,27,45,48-53,56-60H,3-11,13,15-17,19-26,28-44H2,1-2H3,(H,61,62)/b14-12+,27-18+/t45-,48?,49-,50?,51?,52?,53?/m1/s1. The minimum Gasteiger partial charge on any atom is -0.462 e. The number of carbonyl (C=O) groups excluding carboxylic acids is 2. The Morgan fingerprint density at radius 3 is 1.24 bits per heavy atom. The molecular weight excluding hydrogens is 876 g/mol. The quantitative estimate of drug-likeness (QED) is 0.0145. The van der Waals surface area contributed by atoms with Gasteiger partial charge in [0.2, 0.25) is 0 Å². The van der Waals surface area contributed by atoms with Crippen molar-refractivity contribution in [1.29, 1.82) is 0 Å². The van der Waals surface area contributed by atoms with Crippen LogP contribution in [-0.2, 0) is 32.7 Å². The molecule has 6 N–H and O–H groups in total. The maximum atomic E-state index is 12.9. The highest BCUT2D eigenvalue weighted by Gasteiger charge is 2.51. The number of carbonyl (C=O) groups is 2. The van der Waals surface area contributed by atoms with Crippen molar-refractivity contribution >= 4 is 19.8 Å². The number of aliphatic hydroxyl groups is 5. The molecule has 0 amide bonds. The van der Waals surface area contributed by atoms with Crippen LogP contribution in [0.25, 0.3) is 0 Å². The van der Waals surface area contributed by atoms with Crippen LogP contribution < -0.4 is 0 Å². The zero-order valence-electron chi connectivity index (χ0n) is 42.2. The van der Waals surface area contributed by atoms with Crippen molar-refractivity contribution in [3.8, 4) is 0 Å². The first-order valence-electron chi connectivity index (χ1n) is 27.1. The van der Waals surface area contributed by atoms with Crippen molar-refractivity contribution < 1.29 is 63.1 Å². The highest BCUT2D eigenvalue weighted by atomic mass is 31.2. The molecule has 0 heterocycles. The fraction of sp³-hybridized carbons (Fsp3) is 0.887. The van der Waals surface area contributed by atoms with Crippen molar-refractivity contribution in [2.45, 2.75) is 288 Å². The molecule has 6 unspecified atom stereocenters. The average molecular weight is 975 g/mol. The van der Waals surface area contributed by atoms with Gasteiger partial charge in [-0.3, -0.25) is 18.6 Å². The van der Waals surface area contributed by atoms with E-state index in [-0.39, 0.29) is 12.8 Å². The van der Waals surface area contributed by atoms with Crippen LogP contribution >= 0.6 is 7.82 Å². The Kier molecular flexibility index (Phi) is 40.8. The molecule has 0 bridgehead atoms. The normalized spacial score (nSPS) is 21.3. The first kappa shape index (κ1) is 63.3. The molecular formula is C53H99O13P. The third-order valence-electron chi connectivity index (χ3n) is 12.8. The smallest absolute Gasteiger partial charge is 0.462 e. The van der Waals surface area contributed by atoms with E-state index in [1.807, 2.05) is 0 Å². The summed E-state index contributed by atoms with van der Waals surface area (Å²) in [6.07, 6.45) is 36.6. The van der Waals surface area contributed by atoms with Gasteiger partial charge in [-0.1, -0.05) is 212 Å². The van der Waals surface area contributed by atoms with Crippen LogP contribution in [0.1, 0.15) is 245 Å². The van der Waals surface area contributed by atoms with Gasteiger partial charge in [-0.2, -0.15) is 0 Å². The van der Waals surface area contributed by atoms with Gasteiger partial charge in [0.15, 0.2) is 6.10 Å². The lowest BCUT2D eigenvalue weighted by Crippen LogP contribution is -2.64. The molecule has 1 saturated carbocycles. The van der Waals surface area contributed by atoms with Crippen LogP contribution in [0.3, 0.4) is 0 Å². The summed E-state index contributed by atoms with van der Waals surface area (Å²) in [5, 5.41) is 50.3. The number of hydrogen-bond acceptors (Lipinski definition) is 12. The first-order valence-corrected chi connectivity index (χ1v) is 28.6. The van der Waals surface area contributed by atoms with E-state index < -0.39 is 75.7 Å². The predicted octanol–water partition coefficient (Wildman–Crippen LogP) is 12.0. The minimum atomic E-state index is -5.12. The number of unbranched alkanes of at least 4 members (excludes halogenated alkanes) is 30. The van der Waals surface area contributed by atoms with Gasteiger partial charge in [-0.15, -0.1) is 0 Å². The highest BCUT2D eigenvalue weighted by Crippen LogP contribution is 2.47. The number of phosphoric ester groups is 1. The van der Waals surface area contributed by atoms with Crippen LogP contribution in [0.15, 0.2) is 24.3 Å². The second kappa shape index (κ2) is 43.1. The summed E-state index contributed by atoms with van der Waals surface area (Å²) in [5.41, 5.74) is 0. The van der Waals surface area contributed by atoms with Crippen molar-refractivity contribution in [2.24, 2.45) is 0 Å². The molecule has 67 heavy (non-hydrogen) atoms. The Morgan fingerprint density at radius 1 is 0.463 bits per heavy atom. The number of allylic oxidation sites excluding steroid dienone is 4. The zero-order chi connectivity index (χ0) is 49.2. The van der Waals surface area contributed by atoms with Gasteiger partial charge in [0.05, 0.1) is 6.61 Å². The fourth-order valence-corrected chi connectivity index (χ4v) is 9.41. The molecule has 1 aliphatic carbocycles. The summed E-state index contributed by atoms with van der Waals surface area (Å²) in [5.74, 6) is -1.10. The maximum Gasteiger partial charge on any atom is 0.472 e. The van der Waals surface area contributed by atoms with Crippen LogP contribution in [0.2, 0.25) is 0 Å². The Bertz CT molecular complexity index is 1270. The lowest BCUT2D eigenvalue weighted by Gasteiger charge is -2.41. The van der Waals surface area contributed by atoms with Crippen molar-refractivity contribution in [3.63, 3.8) is 0 Å². The lowest BCUT2D eigenvalue weighted by atomic mass is 9.85. The average Bonchev–Trinajstić information content (AvgIpc) is 3.31. The van der Waals surface area contributed by atoms with Gasteiger partial charge < -0.3 is 39.9 Å². The number of hydrogen-bond donors (Lipinski definition) is 6. The third-order valence-corrected chi connectivity index (χ3v) is 13.8. The Balaban J connectivity index is 2.34. The molecule has 14 heteroatoms. The van der Waals surface area contributed by atoms with E-state index in [0.717, 1.165) is 64.2 Å². The summed E-state index contributed by atoms with van der Waals surface area (Å²) < 4.78 is 33.7. The number of ether oxygens (including phenoxy) is 2. The van der Waals surface area contributed by atoms with Crippen LogP contribution in [0.5, 0.6) is 0 Å². The van der Waals surface area contributed by atoms with E-state index in [0.29, 0.717) is 12.8 Å². The van der Waals surface area contributed by atoms with E-state index in [1.54, 1.807) is 0 Å². The molecule has 0 spiro atoms. The maximum absolute atomic E-state index is 12.9. The largest absolute Gasteiger partial charge is 0.472 e. The molecule has 0 aromatic carbocycles. The van der Waals surface area contributed by atoms with Crippen molar-refractivity contribution in [3.05, 3.63) is 24.3 Å². The monoisotopic (exact) mass is 975 g/mol. The number of phosphoric acid groups is 1. The zero-order valence-corrected chi connectivity index (χ0v) is 43.1. The lowest BCUT2D eigenvalue weighted by molar-refractivity contribution is -0.220. The van der Waals surface area contributed by atoms with Gasteiger partial charge in [-0.05, 0) is 44.9 Å². The summed E-state index contributed by atoms with van der Waals surface area (Å²) >= 11 is 0. The van der Waals surface area contributed by atoms with Gasteiger partial charge >= 0.3 is 19.8 Å².